The minimum atomic E-state index is -1.03. The number of methoxy groups -OCH3 is 1. The fourth-order valence-electron chi connectivity index (χ4n) is 2.08. The molecule has 0 fully saturated rings. The van der Waals surface area contributed by atoms with Crippen molar-refractivity contribution in [2.45, 2.75) is 18.9 Å². The minimum Gasteiger partial charge on any atom is -0.480 e. The highest BCUT2D eigenvalue weighted by atomic mass is 32.1. The number of thiophene rings is 1. The molecule has 0 saturated heterocycles. The second-order valence-electron chi connectivity index (χ2n) is 4.64. The molecule has 0 aliphatic rings. The third-order valence-electron chi connectivity index (χ3n) is 3.17. The first-order chi connectivity index (χ1) is 10.1. The number of carbonyl (C=O) groups excluding carboxylic acids is 1. The topological polar surface area (TPSA) is 75.6 Å². The Labute approximate surface area is 126 Å². The van der Waals surface area contributed by atoms with E-state index in [4.69, 9.17) is 4.74 Å². The van der Waals surface area contributed by atoms with E-state index in [1.165, 1.54) is 11.3 Å². The zero-order valence-corrected chi connectivity index (χ0v) is 12.5. The number of fused-ring (bicyclic) bond motifs is 1. The van der Waals surface area contributed by atoms with Crippen LogP contribution in [0.1, 0.15) is 23.2 Å². The monoisotopic (exact) mass is 307 g/mol. The fourth-order valence-corrected chi connectivity index (χ4v) is 3.02. The van der Waals surface area contributed by atoms with E-state index in [0.29, 0.717) is 25.0 Å². The van der Waals surface area contributed by atoms with Crippen molar-refractivity contribution < 1.29 is 19.4 Å². The first-order valence-electron chi connectivity index (χ1n) is 6.62. The number of nitrogens with one attached hydrogen (secondary N) is 1. The van der Waals surface area contributed by atoms with Crippen LogP contribution in [0, 0.1) is 0 Å². The number of aliphatic carboxylic acids is 1. The van der Waals surface area contributed by atoms with Crippen LogP contribution >= 0.6 is 11.3 Å². The second kappa shape index (κ2) is 7.19. The van der Waals surface area contributed by atoms with E-state index in [0.717, 1.165) is 10.1 Å². The van der Waals surface area contributed by atoms with Crippen LogP contribution in [0.5, 0.6) is 0 Å². The number of carboxylic acid groups (broad SMARTS) is 1. The molecule has 1 aromatic heterocycles. The van der Waals surface area contributed by atoms with Gasteiger partial charge < -0.3 is 15.2 Å². The van der Waals surface area contributed by atoms with E-state index in [1.54, 1.807) is 12.5 Å². The molecule has 1 amide bonds. The normalized spacial score (nSPS) is 12.2. The van der Waals surface area contributed by atoms with E-state index in [1.807, 2.05) is 24.3 Å². The zero-order chi connectivity index (χ0) is 15.2. The average Bonchev–Trinajstić information content (AvgIpc) is 2.90. The van der Waals surface area contributed by atoms with E-state index in [9.17, 15) is 14.7 Å². The number of carbonyl (C=O) groups is 2. The van der Waals surface area contributed by atoms with Crippen molar-refractivity contribution in [2.75, 3.05) is 13.7 Å². The summed E-state index contributed by atoms with van der Waals surface area (Å²) in [7, 11) is 1.56. The van der Waals surface area contributed by atoms with Gasteiger partial charge in [0.1, 0.15) is 6.04 Å². The molecule has 21 heavy (non-hydrogen) atoms. The first-order valence-corrected chi connectivity index (χ1v) is 7.50. The maximum Gasteiger partial charge on any atom is 0.326 e. The van der Waals surface area contributed by atoms with Gasteiger partial charge in [0.15, 0.2) is 0 Å². The number of hydrogen-bond donors (Lipinski definition) is 2. The lowest BCUT2D eigenvalue weighted by molar-refractivity contribution is -0.139. The van der Waals surface area contributed by atoms with Crippen molar-refractivity contribution in [1.29, 1.82) is 0 Å². The summed E-state index contributed by atoms with van der Waals surface area (Å²) in [5.74, 6) is -1.38. The molecule has 0 spiro atoms. The minimum absolute atomic E-state index is 0.344. The first kappa shape index (κ1) is 15.5. The quantitative estimate of drug-likeness (QED) is 0.771. The van der Waals surface area contributed by atoms with Gasteiger partial charge in [-0.05, 0) is 18.9 Å². The summed E-state index contributed by atoms with van der Waals surface area (Å²) < 4.78 is 5.91. The van der Waals surface area contributed by atoms with Crippen LogP contribution in [-0.4, -0.2) is 36.7 Å². The van der Waals surface area contributed by atoms with Crippen molar-refractivity contribution in [3.63, 3.8) is 0 Å². The van der Waals surface area contributed by atoms with E-state index in [2.05, 4.69) is 5.32 Å². The molecule has 0 bridgehead atoms. The number of carboxylic acids is 1. The molecule has 1 atom stereocenters. The summed E-state index contributed by atoms with van der Waals surface area (Å²) in [5.41, 5.74) is 0.522. The molecule has 1 aromatic carbocycles. The highest BCUT2D eigenvalue weighted by Crippen LogP contribution is 2.25. The molecule has 0 aliphatic heterocycles. The Morgan fingerprint density at radius 3 is 2.86 bits per heavy atom. The number of hydrogen-bond acceptors (Lipinski definition) is 4. The van der Waals surface area contributed by atoms with Gasteiger partial charge in [0.25, 0.3) is 5.91 Å². The number of rotatable bonds is 7. The molecule has 2 rings (SSSR count). The Morgan fingerprint density at radius 2 is 2.14 bits per heavy atom. The van der Waals surface area contributed by atoms with Gasteiger partial charge >= 0.3 is 5.97 Å². The van der Waals surface area contributed by atoms with E-state index in [-0.39, 0.29) is 5.91 Å². The average molecular weight is 307 g/mol. The molecule has 2 aromatic rings. The van der Waals surface area contributed by atoms with Crippen molar-refractivity contribution in [3.8, 4) is 0 Å². The van der Waals surface area contributed by atoms with E-state index < -0.39 is 12.0 Å². The molecular weight excluding hydrogens is 290 g/mol. The standard InChI is InChI=1S/C15H17NO4S/c1-20-8-4-6-12(15(18)19)16-14(17)11-9-21-13-7-3-2-5-10(11)13/h2-3,5,7,9,12H,4,6,8H2,1H3,(H,16,17)(H,18,19). The summed E-state index contributed by atoms with van der Waals surface area (Å²) in [4.78, 5) is 23.5. The third-order valence-corrected chi connectivity index (χ3v) is 4.13. The van der Waals surface area contributed by atoms with Crippen molar-refractivity contribution in [1.82, 2.24) is 5.32 Å². The van der Waals surface area contributed by atoms with Gasteiger partial charge in [-0.3, -0.25) is 4.79 Å². The largest absolute Gasteiger partial charge is 0.480 e. The molecule has 112 valence electrons. The summed E-state index contributed by atoms with van der Waals surface area (Å²) in [6.07, 6.45) is 0.926. The van der Waals surface area contributed by atoms with Gasteiger partial charge in [0.2, 0.25) is 0 Å². The molecule has 5 nitrogen and oxygen atoms in total. The van der Waals surface area contributed by atoms with Gasteiger partial charge in [-0.1, -0.05) is 18.2 Å². The maximum absolute atomic E-state index is 12.3. The van der Waals surface area contributed by atoms with Crippen LogP contribution in [0.3, 0.4) is 0 Å². The van der Waals surface area contributed by atoms with Gasteiger partial charge in [-0.25, -0.2) is 4.79 Å². The SMILES string of the molecule is COCCCC(NC(=O)c1csc2ccccc12)C(=O)O. The van der Waals surface area contributed by atoms with Crippen LogP contribution in [0.15, 0.2) is 29.6 Å². The van der Waals surface area contributed by atoms with Gasteiger partial charge in [-0.2, -0.15) is 0 Å². The number of amides is 1. The van der Waals surface area contributed by atoms with Crippen LogP contribution in [0.2, 0.25) is 0 Å². The van der Waals surface area contributed by atoms with Crippen LogP contribution in [-0.2, 0) is 9.53 Å². The second-order valence-corrected chi connectivity index (χ2v) is 5.56. The molecule has 0 radical (unpaired) electrons. The van der Waals surface area contributed by atoms with Gasteiger partial charge in [0.05, 0.1) is 5.56 Å². The predicted octanol–water partition coefficient (Wildman–Crippen LogP) is 2.51. The Kier molecular flexibility index (Phi) is 5.30. The Balaban J connectivity index is 2.09. The Bertz CT molecular complexity index is 637. The van der Waals surface area contributed by atoms with Crippen LogP contribution in [0.4, 0.5) is 0 Å². The fraction of sp³-hybridized carbons (Fsp3) is 0.333. The molecular formula is C15H17NO4S. The summed E-state index contributed by atoms with van der Waals surface area (Å²) in [6.45, 7) is 0.473. The van der Waals surface area contributed by atoms with Crippen molar-refractivity contribution >= 4 is 33.3 Å². The molecule has 6 heteroatoms. The van der Waals surface area contributed by atoms with Crippen LogP contribution in [0.25, 0.3) is 10.1 Å². The molecule has 0 aliphatic carbocycles. The van der Waals surface area contributed by atoms with Crippen molar-refractivity contribution in [3.05, 3.63) is 35.2 Å². The highest BCUT2D eigenvalue weighted by Gasteiger charge is 2.21. The molecule has 0 saturated carbocycles. The third kappa shape index (κ3) is 3.80. The Morgan fingerprint density at radius 1 is 1.38 bits per heavy atom. The zero-order valence-electron chi connectivity index (χ0n) is 11.7. The lowest BCUT2D eigenvalue weighted by Crippen LogP contribution is -2.40. The summed E-state index contributed by atoms with van der Waals surface area (Å²) in [5, 5.41) is 14.4. The predicted molar refractivity (Wildman–Crippen MR) is 81.8 cm³/mol. The lowest BCUT2D eigenvalue weighted by atomic mass is 10.1. The van der Waals surface area contributed by atoms with Gasteiger partial charge in [-0.15, -0.1) is 11.3 Å². The number of benzene rings is 1. The molecule has 2 N–H and O–H groups in total. The van der Waals surface area contributed by atoms with Crippen LogP contribution < -0.4 is 5.32 Å². The smallest absolute Gasteiger partial charge is 0.326 e. The maximum atomic E-state index is 12.3. The van der Waals surface area contributed by atoms with Crippen molar-refractivity contribution in [2.24, 2.45) is 0 Å². The highest BCUT2D eigenvalue weighted by molar-refractivity contribution is 7.17. The van der Waals surface area contributed by atoms with Gasteiger partial charge in [0, 0.05) is 29.2 Å². The number of ether oxygens (including phenoxy) is 1. The summed E-state index contributed by atoms with van der Waals surface area (Å²) >= 11 is 1.47. The molecule has 1 heterocycles. The van der Waals surface area contributed by atoms with E-state index >= 15 is 0 Å². The Hall–Kier alpha value is -1.92. The lowest BCUT2D eigenvalue weighted by Gasteiger charge is -2.14. The molecule has 1 unspecified atom stereocenters. The summed E-state index contributed by atoms with van der Waals surface area (Å²) in [6, 6.07) is 6.67.